The monoisotopic (exact) mass is 311 g/mol. The molecule has 0 aliphatic carbocycles. The van der Waals surface area contributed by atoms with Crippen molar-refractivity contribution in [2.24, 2.45) is 5.73 Å². The topological polar surface area (TPSA) is 92.4 Å². The van der Waals surface area contributed by atoms with Gasteiger partial charge in [0.1, 0.15) is 5.75 Å². The van der Waals surface area contributed by atoms with E-state index in [1.54, 1.807) is 12.1 Å². The fourth-order valence-corrected chi connectivity index (χ4v) is 2.23. The largest absolute Gasteiger partial charge is 0.508 e. The first-order chi connectivity index (χ1) is 11.1. The molecule has 5 nitrogen and oxygen atoms in total. The number of hydrogen-bond acceptors (Lipinski definition) is 4. The van der Waals surface area contributed by atoms with Crippen LogP contribution in [-0.2, 0) is 22.4 Å². The molecule has 1 amide bonds. The summed E-state index contributed by atoms with van der Waals surface area (Å²) >= 11 is 0. The third kappa shape index (κ3) is 5.23. The minimum atomic E-state index is -0.770. The number of phenolic OH excluding ortho intramolecular Hbond substituents is 1. The van der Waals surface area contributed by atoms with Gasteiger partial charge in [-0.3, -0.25) is 9.59 Å². The van der Waals surface area contributed by atoms with E-state index in [0.29, 0.717) is 12.8 Å². The average molecular weight is 311 g/mol. The summed E-state index contributed by atoms with van der Waals surface area (Å²) in [6, 6.07) is 14.4. The van der Waals surface area contributed by atoms with Crippen LogP contribution < -0.4 is 11.1 Å². The summed E-state index contributed by atoms with van der Waals surface area (Å²) in [7, 11) is 0. The highest BCUT2D eigenvalue weighted by molar-refractivity contribution is 5.84. The number of phenols is 1. The standard InChI is InChI=1S/C18H19N2O3/c19-17(11-13-4-2-1-3-5-13)18(23)20-15(12-21)10-14-6-8-16(22)9-7-14/h1-9,15,17,22H,10-11,19H2,(H,20,23)/t15-,17-/m0/s1. The molecule has 5 heteroatoms. The number of nitrogens with two attached hydrogens (primary N) is 1. The summed E-state index contributed by atoms with van der Waals surface area (Å²) in [5.74, 6) is -0.240. The van der Waals surface area contributed by atoms with E-state index in [9.17, 15) is 14.7 Å². The number of benzene rings is 2. The lowest BCUT2D eigenvalue weighted by molar-refractivity contribution is -0.122. The van der Waals surface area contributed by atoms with Gasteiger partial charge in [0.15, 0.2) is 0 Å². The van der Waals surface area contributed by atoms with Crippen molar-refractivity contribution in [1.29, 1.82) is 0 Å². The van der Waals surface area contributed by atoms with E-state index in [2.05, 4.69) is 5.32 Å². The van der Waals surface area contributed by atoms with Gasteiger partial charge in [0, 0.05) is 6.42 Å². The van der Waals surface area contributed by atoms with E-state index in [-0.39, 0.29) is 11.7 Å². The molecule has 0 aliphatic rings. The summed E-state index contributed by atoms with van der Waals surface area (Å²) in [6.07, 6.45) is 2.51. The predicted molar refractivity (Wildman–Crippen MR) is 87.6 cm³/mol. The van der Waals surface area contributed by atoms with Crippen molar-refractivity contribution in [3.63, 3.8) is 0 Å². The van der Waals surface area contributed by atoms with Crippen LogP contribution in [0, 0.1) is 0 Å². The van der Waals surface area contributed by atoms with Crippen LogP contribution in [-0.4, -0.2) is 29.4 Å². The van der Waals surface area contributed by atoms with E-state index in [1.165, 1.54) is 12.1 Å². The molecular formula is C18H19N2O3. The summed E-state index contributed by atoms with van der Waals surface area (Å²) in [6.45, 7) is 0. The number of nitrogens with one attached hydrogen (secondary N) is 1. The second kappa shape index (κ2) is 8.10. The predicted octanol–water partition coefficient (Wildman–Crippen LogP) is 1.10. The zero-order valence-corrected chi connectivity index (χ0v) is 12.6. The maximum absolute atomic E-state index is 12.1. The zero-order valence-electron chi connectivity index (χ0n) is 12.6. The number of rotatable bonds is 7. The average Bonchev–Trinajstić information content (AvgIpc) is 2.57. The van der Waals surface area contributed by atoms with Crippen molar-refractivity contribution >= 4 is 12.2 Å². The van der Waals surface area contributed by atoms with Crippen LogP contribution in [0.3, 0.4) is 0 Å². The molecule has 0 aliphatic heterocycles. The Labute approximate surface area is 135 Å². The Kier molecular flexibility index (Phi) is 5.88. The van der Waals surface area contributed by atoms with Gasteiger partial charge in [0.25, 0.3) is 0 Å². The van der Waals surface area contributed by atoms with Crippen LogP contribution in [0.5, 0.6) is 5.75 Å². The summed E-state index contributed by atoms with van der Waals surface area (Å²) in [5, 5.41) is 11.8. The molecule has 0 aromatic heterocycles. The van der Waals surface area contributed by atoms with Gasteiger partial charge in [-0.15, -0.1) is 0 Å². The minimum Gasteiger partial charge on any atom is -0.508 e. The van der Waals surface area contributed by atoms with Crippen molar-refractivity contribution in [2.75, 3.05) is 0 Å². The van der Waals surface area contributed by atoms with E-state index in [4.69, 9.17) is 5.73 Å². The molecule has 0 heterocycles. The van der Waals surface area contributed by atoms with Crippen LogP contribution in [0.4, 0.5) is 0 Å². The highest BCUT2D eigenvalue weighted by Gasteiger charge is 2.19. The molecule has 4 N–H and O–H groups in total. The summed E-state index contributed by atoms with van der Waals surface area (Å²) < 4.78 is 0. The van der Waals surface area contributed by atoms with Crippen molar-refractivity contribution in [3.05, 3.63) is 65.7 Å². The zero-order chi connectivity index (χ0) is 16.7. The summed E-state index contributed by atoms with van der Waals surface area (Å²) in [5.41, 5.74) is 7.66. The molecule has 0 unspecified atom stereocenters. The molecule has 2 aromatic rings. The Balaban J connectivity index is 1.91. The first kappa shape index (κ1) is 16.7. The summed E-state index contributed by atoms with van der Waals surface area (Å²) in [4.78, 5) is 23.2. The van der Waals surface area contributed by atoms with Crippen molar-refractivity contribution in [1.82, 2.24) is 5.32 Å². The molecule has 0 bridgehead atoms. The lowest BCUT2D eigenvalue weighted by Gasteiger charge is -2.16. The first-order valence-corrected chi connectivity index (χ1v) is 7.34. The van der Waals surface area contributed by atoms with Gasteiger partial charge in [0.05, 0.1) is 12.1 Å². The molecule has 0 spiro atoms. The molecular weight excluding hydrogens is 292 g/mol. The molecule has 1 radical (unpaired) electrons. The van der Waals surface area contributed by atoms with Crippen molar-refractivity contribution in [3.8, 4) is 5.75 Å². The van der Waals surface area contributed by atoms with Gasteiger partial charge >= 0.3 is 0 Å². The maximum Gasteiger partial charge on any atom is 0.237 e. The van der Waals surface area contributed by atoms with E-state index < -0.39 is 12.1 Å². The second-order valence-electron chi connectivity index (χ2n) is 5.35. The number of hydrogen-bond donors (Lipinski definition) is 3. The molecule has 0 saturated heterocycles. The number of carbonyl (C=O) groups is 1. The lowest BCUT2D eigenvalue weighted by atomic mass is 10.0. The fraction of sp³-hybridized carbons (Fsp3) is 0.222. The highest BCUT2D eigenvalue weighted by Crippen LogP contribution is 2.11. The quantitative estimate of drug-likeness (QED) is 0.714. The molecule has 2 aromatic carbocycles. The van der Waals surface area contributed by atoms with Crippen LogP contribution in [0.25, 0.3) is 0 Å². The Morgan fingerprint density at radius 1 is 1.04 bits per heavy atom. The van der Waals surface area contributed by atoms with Gasteiger partial charge in [-0.2, -0.15) is 0 Å². The van der Waals surface area contributed by atoms with Gasteiger partial charge in [-0.25, -0.2) is 0 Å². The molecule has 2 atom stereocenters. The third-order valence-corrected chi connectivity index (χ3v) is 3.47. The van der Waals surface area contributed by atoms with Crippen molar-refractivity contribution in [2.45, 2.75) is 24.9 Å². The molecule has 119 valence electrons. The van der Waals surface area contributed by atoms with Crippen LogP contribution in [0.15, 0.2) is 54.6 Å². The van der Waals surface area contributed by atoms with Gasteiger partial charge in [-0.05, 0) is 29.7 Å². The molecule has 23 heavy (non-hydrogen) atoms. The van der Waals surface area contributed by atoms with E-state index >= 15 is 0 Å². The Hall–Kier alpha value is -2.66. The van der Waals surface area contributed by atoms with Crippen LogP contribution >= 0.6 is 0 Å². The molecule has 2 rings (SSSR count). The van der Waals surface area contributed by atoms with Gasteiger partial charge < -0.3 is 16.2 Å². The van der Waals surface area contributed by atoms with E-state index in [0.717, 1.165) is 11.1 Å². The molecule has 0 saturated carbocycles. The Morgan fingerprint density at radius 3 is 2.26 bits per heavy atom. The number of aromatic hydroxyl groups is 1. The van der Waals surface area contributed by atoms with Gasteiger partial charge in [-0.1, -0.05) is 42.5 Å². The van der Waals surface area contributed by atoms with Crippen LogP contribution in [0.1, 0.15) is 11.1 Å². The normalized spacial score (nSPS) is 13.1. The van der Waals surface area contributed by atoms with E-state index in [1.807, 2.05) is 36.6 Å². The first-order valence-electron chi connectivity index (χ1n) is 7.34. The lowest BCUT2D eigenvalue weighted by Crippen LogP contribution is -2.47. The van der Waals surface area contributed by atoms with Crippen LogP contribution in [0.2, 0.25) is 0 Å². The second-order valence-corrected chi connectivity index (χ2v) is 5.35. The van der Waals surface area contributed by atoms with Gasteiger partial charge in [0.2, 0.25) is 12.2 Å². The SMILES string of the molecule is N[C@@H](Cc1ccccc1)C(=O)N[C@H]([C]=O)Cc1ccc(O)cc1. The maximum atomic E-state index is 12.1. The fourth-order valence-electron chi connectivity index (χ4n) is 2.23. The number of amides is 1. The third-order valence-electron chi connectivity index (χ3n) is 3.47. The molecule has 0 fully saturated rings. The number of carbonyl (C=O) groups excluding carboxylic acids is 2. The highest BCUT2D eigenvalue weighted by atomic mass is 16.3. The smallest absolute Gasteiger partial charge is 0.237 e. The Bertz CT molecular complexity index is 641. The van der Waals surface area contributed by atoms with Crippen molar-refractivity contribution < 1.29 is 14.7 Å². The Morgan fingerprint density at radius 2 is 1.65 bits per heavy atom. The minimum absolute atomic E-state index is 0.148.